The van der Waals surface area contributed by atoms with E-state index in [9.17, 15) is 4.79 Å². The number of ether oxygens (including phenoxy) is 2. The molecule has 2 heterocycles. The number of methoxy groups -OCH3 is 1. The Balaban J connectivity index is 1.42. The molecule has 0 spiro atoms. The number of nitrogens with zero attached hydrogens (tertiary/aromatic N) is 2. The average molecular weight is 430 g/mol. The molecule has 0 radical (unpaired) electrons. The Bertz CT molecular complexity index is 1210. The Morgan fingerprint density at radius 2 is 2.00 bits per heavy atom. The van der Waals surface area contributed by atoms with Gasteiger partial charge in [0.2, 0.25) is 0 Å². The van der Waals surface area contributed by atoms with Crippen LogP contribution in [0.2, 0.25) is 0 Å². The van der Waals surface area contributed by atoms with E-state index < -0.39 is 5.91 Å². The van der Waals surface area contributed by atoms with Crippen molar-refractivity contribution in [1.29, 1.82) is 0 Å². The monoisotopic (exact) mass is 430 g/mol. The summed E-state index contributed by atoms with van der Waals surface area (Å²) in [6, 6.07) is 18.8. The number of H-pyrrole nitrogens is 1. The molecular weight excluding hydrogens is 408 g/mol. The van der Waals surface area contributed by atoms with Crippen LogP contribution in [0.15, 0.2) is 76.4 Å². The number of aromatic nitrogens is 2. The summed E-state index contributed by atoms with van der Waals surface area (Å²) in [4.78, 5) is 12.3. The number of aryl methyl sites for hydroxylation is 1. The molecule has 0 aliphatic rings. The molecule has 8 nitrogen and oxygen atoms in total. The highest BCUT2D eigenvalue weighted by Gasteiger charge is 2.13. The summed E-state index contributed by atoms with van der Waals surface area (Å²) in [7, 11) is 1.58. The topological polar surface area (TPSA) is 102 Å². The number of carbonyl (C=O) groups excluding carboxylic acids is 1. The normalized spacial score (nSPS) is 10.9. The summed E-state index contributed by atoms with van der Waals surface area (Å²) in [6.07, 6.45) is 2.94. The predicted molar refractivity (Wildman–Crippen MR) is 120 cm³/mol. The fourth-order valence-electron chi connectivity index (χ4n) is 2.96. The van der Waals surface area contributed by atoms with Gasteiger partial charge in [0.25, 0.3) is 5.91 Å². The van der Waals surface area contributed by atoms with Crippen LogP contribution in [-0.2, 0) is 6.61 Å². The summed E-state index contributed by atoms with van der Waals surface area (Å²) in [5.74, 6) is 1.31. The minimum Gasteiger partial charge on any atom is -0.493 e. The zero-order valence-corrected chi connectivity index (χ0v) is 17.7. The molecule has 4 rings (SSSR count). The Kier molecular flexibility index (Phi) is 6.31. The minimum absolute atomic E-state index is 0.273. The smallest absolute Gasteiger partial charge is 0.289 e. The van der Waals surface area contributed by atoms with Crippen LogP contribution < -0.4 is 14.9 Å². The second-order valence-corrected chi connectivity index (χ2v) is 7.02. The van der Waals surface area contributed by atoms with Gasteiger partial charge < -0.3 is 13.9 Å². The number of carbonyl (C=O) groups is 1. The third-order valence-corrected chi connectivity index (χ3v) is 4.70. The molecule has 8 heteroatoms. The standard InChI is InChI=1S/C24H22N4O4/c1-16-5-7-17(8-6-16)15-32-22-10-9-18(12-23(22)30-2)20-13-21(27-26-20)24(29)28-25-14-19-4-3-11-31-19/h3-14H,15H2,1-2H3,(H,26,27)(H,28,29)/b25-14+. The molecule has 0 unspecified atom stereocenters. The van der Waals surface area contributed by atoms with Crippen LogP contribution in [0, 0.1) is 6.92 Å². The summed E-state index contributed by atoms with van der Waals surface area (Å²) in [5, 5.41) is 10.8. The molecule has 0 aliphatic heterocycles. The molecule has 0 saturated carbocycles. The molecule has 1 amide bonds. The highest BCUT2D eigenvalue weighted by molar-refractivity contribution is 5.94. The van der Waals surface area contributed by atoms with Gasteiger partial charge in [0.05, 0.1) is 25.3 Å². The molecule has 0 saturated heterocycles. The lowest BCUT2D eigenvalue weighted by atomic mass is 10.1. The lowest BCUT2D eigenvalue weighted by molar-refractivity contribution is 0.0950. The quantitative estimate of drug-likeness (QED) is 0.320. The average Bonchev–Trinajstić information content (AvgIpc) is 3.51. The van der Waals surface area contributed by atoms with Crippen molar-refractivity contribution in [3.63, 3.8) is 0 Å². The lowest BCUT2D eigenvalue weighted by Crippen LogP contribution is -2.17. The first-order valence-corrected chi connectivity index (χ1v) is 9.91. The molecule has 0 aliphatic carbocycles. The highest BCUT2D eigenvalue weighted by atomic mass is 16.5. The molecule has 162 valence electrons. The maximum atomic E-state index is 12.3. The first-order valence-electron chi connectivity index (χ1n) is 9.91. The van der Waals surface area contributed by atoms with Gasteiger partial charge in [-0.3, -0.25) is 9.89 Å². The minimum atomic E-state index is -0.420. The van der Waals surface area contributed by atoms with Crippen LogP contribution >= 0.6 is 0 Å². The van der Waals surface area contributed by atoms with E-state index in [2.05, 4.69) is 20.7 Å². The number of hydrazone groups is 1. The number of furan rings is 1. The fourth-order valence-corrected chi connectivity index (χ4v) is 2.96. The van der Waals surface area contributed by atoms with Crippen LogP contribution in [0.1, 0.15) is 27.4 Å². The van der Waals surface area contributed by atoms with Gasteiger partial charge in [0.1, 0.15) is 18.1 Å². The van der Waals surface area contributed by atoms with E-state index in [4.69, 9.17) is 13.9 Å². The highest BCUT2D eigenvalue weighted by Crippen LogP contribution is 2.32. The summed E-state index contributed by atoms with van der Waals surface area (Å²) < 4.78 is 16.5. The van der Waals surface area contributed by atoms with Crippen molar-refractivity contribution < 1.29 is 18.7 Å². The number of nitrogens with one attached hydrogen (secondary N) is 2. The van der Waals surface area contributed by atoms with Gasteiger partial charge in [-0.1, -0.05) is 29.8 Å². The van der Waals surface area contributed by atoms with Gasteiger partial charge in [0.15, 0.2) is 11.5 Å². The Morgan fingerprint density at radius 3 is 2.75 bits per heavy atom. The van der Waals surface area contributed by atoms with Crippen molar-refractivity contribution in [2.24, 2.45) is 5.10 Å². The van der Waals surface area contributed by atoms with Crippen LogP contribution in [-0.4, -0.2) is 29.4 Å². The molecule has 0 bridgehead atoms. The van der Waals surface area contributed by atoms with Gasteiger partial charge >= 0.3 is 0 Å². The molecule has 0 fully saturated rings. The van der Waals surface area contributed by atoms with Crippen LogP contribution in [0.5, 0.6) is 11.5 Å². The number of benzene rings is 2. The van der Waals surface area contributed by atoms with Gasteiger partial charge in [-0.2, -0.15) is 10.2 Å². The summed E-state index contributed by atoms with van der Waals surface area (Å²) in [5.41, 5.74) is 6.34. The number of hydrogen-bond acceptors (Lipinski definition) is 6. The molecule has 4 aromatic rings. The molecular formula is C24H22N4O4. The molecule has 2 aromatic heterocycles. The van der Waals surface area contributed by atoms with E-state index in [1.165, 1.54) is 18.0 Å². The van der Waals surface area contributed by atoms with Crippen molar-refractivity contribution in [2.45, 2.75) is 13.5 Å². The number of hydrogen-bond donors (Lipinski definition) is 2. The molecule has 32 heavy (non-hydrogen) atoms. The Hall–Kier alpha value is -4.33. The van der Waals surface area contributed by atoms with Gasteiger partial charge in [-0.15, -0.1) is 0 Å². The first-order chi connectivity index (χ1) is 15.6. The van der Waals surface area contributed by atoms with Gasteiger partial charge in [-0.25, -0.2) is 5.43 Å². The lowest BCUT2D eigenvalue weighted by Gasteiger charge is -2.12. The number of aromatic amines is 1. The van der Waals surface area contributed by atoms with E-state index in [1.54, 1.807) is 25.3 Å². The maximum absolute atomic E-state index is 12.3. The number of amides is 1. The zero-order chi connectivity index (χ0) is 22.3. The van der Waals surface area contributed by atoms with E-state index in [1.807, 2.05) is 49.4 Å². The summed E-state index contributed by atoms with van der Waals surface area (Å²) in [6.45, 7) is 2.48. The first kappa shape index (κ1) is 20.9. The maximum Gasteiger partial charge on any atom is 0.289 e. The molecule has 0 atom stereocenters. The van der Waals surface area contributed by atoms with Crippen LogP contribution in [0.25, 0.3) is 11.3 Å². The van der Waals surface area contributed by atoms with Crippen molar-refractivity contribution in [3.05, 3.63) is 89.5 Å². The number of rotatable bonds is 8. The SMILES string of the molecule is COc1cc(-c2cc(C(=O)N/N=C/c3ccco3)[nH]n2)ccc1OCc1ccc(C)cc1. The van der Waals surface area contributed by atoms with Gasteiger partial charge in [-0.05, 0) is 48.9 Å². The predicted octanol–water partition coefficient (Wildman–Crippen LogP) is 4.33. The molecule has 2 aromatic carbocycles. The van der Waals surface area contributed by atoms with Crippen molar-refractivity contribution >= 4 is 12.1 Å². The Morgan fingerprint density at radius 1 is 1.16 bits per heavy atom. The van der Waals surface area contributed by atoms with Crippen LogP contribution in [0.3, 0.4) is 0 Å². The van der Waals surface area contributed by atoms with E-state index in [0.717, 1.165) is 11.1 Å². The van der Waals surface area contributed by atoms with E-state index in [0.29, 0.717) is 29.6 Å². The van der Waals surface area contributed by atoms with Crippen molar-refractivity contribution in [3.8, 4) is 22.8 Å². The van der Waals surface area contributed by atoms with Crippen molar-refractivity contribution in [1.82, 2.24) is 15.6 Å². The van der Waals surface area contributed by atoms with Gasteiger partial charge in [0, 0.05) is 5.56 Å². The largest absolute Gasteiger partial charge is 0.493 e. The van der Waals surface area contributed by atoms with E-state index >= 15 is 0 Å². The zero-order valence-electron chi connectivity index (χ0n) is 17.7. The third-order valence-electron chi connectivity index (χ3n) is 4.70. The molecule has 2 N–H and O–H groups in total. The summed E-state index contributed by atoms with van der Waals surface area (Å²) >= 11 is 0. The van der Waals surface area contributed by atoms with E-state index in [-0.39, 0.29) is 5.69 Å². The van der Waals surface area contributed by atoms with Crippen LogP contribution in [0.4, 0.5) is 0 Å². The third kappa shape index (κ3) is 5.04. The Labute approximate surface area is 184 Å². The second-order valence-electron chi connectivity index (χ2n) is 7.02. The second kappa shape index (κ2) is 9.65. The van der Waals surface area contributed by atoms with Crippen molar-refractivity contribution in [2.75, 3.05) is 7.11 Å². The fraction of sp³-hybridized carbons (Fsp3) is 0.125.